The molecule has 0 fully saturated rings. The Labute approximate surface area is 148 Å². The molecule has 6 heteroatoms. The van der Waals surface area contributed by atoms with Crippen molar-refractivity contribution in [3.05, 3.63) is 64.6 Å². The van der Waals surface area contributed by atoms with Crippen LogP contribution in [0.3, 0.4) is 0 Å². The summed E-state index contributed by atoms with van der Waals surface area (Å²) >= 11 is 5.74. The molecule has 100 valence electrons. The van der Waals surface area contributed by atoms with Gasteiger partial charge in [-0.1, -0.05) is 23.7 Å². The van der Waals surface area contributed by atoms with Crippen LogP contribution in [0.25, 0.3) is 11.0 Å². The van der Waals surface area contributed by atoms with Crippen LogP contribution in [0.1, 0.15) is 21.7 Å². The van der Waals surface area contributed by atoms with Gasteiger partial charge in [0.1, 0.15) is 16.7 Å². The fraction of sp³-hybridized carbons (Fsp3) is 0.0667. The Hall–Kier alpha value is -1.33. The molecule has 0 aliphatic rings. The molecule has 0 atom stereocenters. The van der Waals surface area contributed by atoms with E-state index in [1.54, 1.807) is 18.3 Å². The number of carbonyl (C=O) groups excluding carboxylic acids is 1. The van der Waals surface area contributed by atoms with E-state index in [9.17, 15) is 9.90 Å². The zero-order valence-corrected chi connectivity index (χ0v) is 14.1. The SMILES string of the molecule is O=C([O-])c1cc2cc(Cc3ccc(Cl)nc3)ccc2o1.[Na+]. The molecule has 0 spiro atoms. The van der Waals surface area contributed by atoms with Crippen LogP contribution in [0, 0.1) is 0 Å². The monoisotopic (exact) mass is 309 g/mol. The maximum atomic E-state index is 10.8. The molecule has 0 amide bonds. The summed E-state index contributed by atoms with van der Waals surface area (Å²) in [5, 5.41) is 11.9. The van der Waals surface area contributed by atoms with E-state index < -0.39 is 5.97 Å². The summed E-state index contributed by atoms with van der Waals surface area (Å²) in [5.74, 6) is -1.48. The molecule has 0 saturated carbocycles. The van der Waals surface area contributed by atoms with E-state index in [0.717, 1.165) is 16.5 Å². The van der Waals surface area contributed by atoms with Crippen molar-refractivity contribution in [2.75, 3.05) is 0 Å². The number of benzene rings is 1. The van der Waals surface area contributed by atoms with E-state index in [1.807, 2.05) is 18.2 Å². The predicted molar refractivity (Wildman–Crippen MR) is 72.6 cm³/mol. The second-order valence-corrected chi connectivity index (χ2v) is 4.82. The van der Waals surface area contributed by atoms with Gasteiger partial charge in [0.25, 0.3) is 0 Å². The molecule has 0 radical (unpaired) electrons. The molecule has 3 rings (SSSR count). The first kappa shape index (κ1) is 16.0. The number of rotatable bonds is 3. The molecule has 0 N–H and O–H groups in total. The van der Waals surface area contributed by atoms with Crippen LogP contribution in [0.4, 0.5) is 0 Å². The molecule has 0 aliphatic carbocycles. The Morgan fingerprint density at radius 3 is 2.62 bits per heavy atom. The molecule has 4 nitrogen and oxygen atoms in total. The molecule has 0 unspecified atom stereocenters. The number of aromatic nitrogens is 1. The Kier molecular flexibility index (Phi) is 5.06. The largest absolute Gasteiger partial charge is 1.00 e. The van der Waals surface area contributed by atoms with Crippen molar-refractivity contribution in [2.45, 2.75) is 6.42 Å². The van der Waals surface area contributed by atoms with Crippen molar-refractivity contribution in [3.8, 4) is 0 Å². The Morgan fingerprint density at radius 2 is 1.95 bits per heavy atom. The van der Waals surface area contributed by atoms with Crippen molar-refractivity contribution in [3.63, 3.8) is 0 Å². The number of hydrogen-bond acceptors (Lipinski definition) is 4. The number of nitrogens with zero attached hydrogens (tertiary/aromatic N) is 1. The van der Waals surface area contributed by atoms with Gasteiger partial charge in [-0.05, 0) is 41.8 Å². The molecule has 21 heavy (non-hydrogen) atoms. The van der Waals surface area contributed by atoms with Gasteiger partial charge in [0.05, 0.1) is 0 Å². The second kappa shape index (κ2) is 6.62. The van der Waals surface area contributed by atoms with Gasteiger partial charge < -0.3 is 14.3 Å². The van der Waals surface area contributed by atoms with Crippen molar-refractivity contribution >= 4 is 28.5 Å². The number of pyridine rings is 1. The van der Waals surface area contributed by atoms with Gasteiger partial charge in [-0.15, -0.1) is 0 Å². The molecule has 3 aromatic rings. The van der Waals surface area contributed by atoms with Gasteiger partial charge >= 0.3 is 29.6 Å². The van der Waals surface area contributed by atoms with Gasteiger partial charge in [0.15, 0.2) is 5.76 Å². The molecule has 1 aromatic carbocycles. The van der Waals surface area contributed by atoms with Crippen molar-refractivity contribution < 1.29 is 43.9 Å². The molecule has 0 saturated heterocycles. The summed E-state index contributed by atoms with van der Waals surface area (Å²) in [6, 6.07) is 10.6. The van der Waals surface area contributed by atoms with Gasteiger partial charge in [0.2, 0.25) is 0 Å². The Balaban J connectivity index is 0.00000161. The second-order valence-electron chi connectivity index (χ2n) is 4.44. The number of furan rings is 1. The number of fused-ring (bicyclic) bond motifs is 1. The summed E-state index contributed by atoms with van der Waals surface area (Å²) in [5.41, 5.74) is 2.59. The molecular weight excluding hydrogens is 301 g/mol. The zero-order valence-electron chi connectivity index (χ0n) is 11.3. The summed E-state index contributed by atoms with van der Waals surface area (Å²) in [4.78, 5) is 14.8. The van der Waals surface area contributed by atoms with Crippen LogP contribution in [0.15, 0.2) is 47.0 Å². The van der Waals surface area contributed by atoms with Crippen LogP contribution in [0.5, 0.6) is 0 Å². The Morgan fingerprint density at radius 1 is 1.19 bits per heavy atom. The van der Waals surface area contributed by atoms with Crippen LogP contribution in [-0.2, 0) is 6.42 Å². The third-order valence-corrected chi connectivity index (χ3v) is 3.20. The summed E-state index contributed by atoms with van der Waals surface area (Å²) in [6.45, 7) is 0. The zero-order chi connectivity index (χ0) is 14.1. The van der Waals surface area contributed by atoms with Crippen molar-refractivity contribution in [1.29, 1.82) is 0 Å². The third kappa shape index (κ3) is 3.66. The van der Waals surface area contributed by atoms with Crippen LogP contribution in [0.2, 0.25) is 5.15 Å². The fourth-order valence-electron chi connectivity index (χ4n) is 2.05. The van der Waals surface area contributed by atoms with Crippen LogP contribution in [-0.4, -0.2) is 11.0 Å². The average molecular weight is 310 g/mol. The Bertz CT molecular complexity index is 783. The number of carboxylic acids is 1. The topological polar surface area (TPSA) is 66.2 Å². The molecule has 0 bridgehead atoms. The first-order valence-corrected chi connectivity index (χ1v) is 6.34. The number of halogens is 1. The van der Waals surface area contributed by atoms with Crippen molar-refractivity contribution in [1.82, 2.24) is 4.98 Å². The molecule has 2 aromatic heterocycles. The summed E-state index contributed by atoms with van der Waals surface area (Å²) in [7, 11) is 0. The van der Waals surface area contributed by atoms with Crippen LogP contribution >= 0.6 is 11.6 Å². The van der Waals surface area contributed by atoms with E-state index >= 15 is 0 Å². The van der Waals surface area contributed by atoms with Gasteiger partial charge in [-0.25, -0.2) is 4.98 Å². The standard InChI is InChI=1S/C15H10ClNO3.Na/c16-14-4-2-10(8-17-14)5-9-1-3-12-11(6-9)7-13(20-12)15(18)19;/h1-4,6-8H,5H2,(H,18,19);/q;+1/p-1. The normalized spacial score (nSPS) is 10.3. The number of aromatic carboxylic acids is 1. The number of carbonyl (C=O) groups is 1. The van der Waals surface area contributed by atoms with Crippen molar-refractivity contribution in [2.24, 2.45) is 0 Å². The number of carboxylic acid groups (broad SMARTS) is 1. The summed E-state index contributed by atoms with van der Waals surface area (Å²) in [6.07, 6.45) is 2.40. The predicted octanol–water partition coefficient (Wildman–Crippen LogP) is -0.560. The van der Waals surface area contributed by atoms with E-state index in [2.05, 4.69) is 4.98 Å². The van der Waals surface area contributed by atoms with Gasteiger partial charge in [-0.2, -0.15) is 0 Å². The molecule has 2 heterocycles. The quantitative estimate of drug-likeness (QED) is 0.480. The maximum Gasteiger partial charge on any atom is 1.00 e. The number of hydrogen-bond donors (Lipinski definition) is 0. The average Bonchev–Trinajstić information content (AvgIpc) is 2.85. The third-order valence-electron chi connectivity index (χ3n) is 2.98. The first-order chi connectivity index (χ1) is 9.61. The first-order valence-electron chi connectivity index (χ1n) is 5.96. The van der Waals surface area contributed by atoms with Crippen LogP contribution < -0.4 is 34.7 Å². The minimum atomic E-state index is -1.32. The van der Waals surface area contributed by atoms with Gasteiger partial charge in [-0.3, -0.25) is 0 Å². The van der Waals surface area contributed by atoms with Gasteiger partial charge in [0, 0.05) is 11.6 Å². The smallest absolute Gasteiger partial charge is 0.542 e. The maximum absolute atomic E-state index is 10.8. The minimum Gasteiger partial charge on any atom is -0.542 e. The van der Waals surface area contributed by atoms with E-state index in [0.29, 0.717) is 17.2 Å². The minimum absolute atomic E-state index is 0. The molecule has 0 aliphatic heterocycles. The van der Waals surface area contributed by atoms with E-state index in [4.69, 9.17) is 16.0 Å². The summed E-state index contributed by atoms with van der Waals surface area (Å²) < 4.78 is 5.16. The van der Waals surface area contributed by atoms with E-state index in [1.165, 1.54) is 6.07 Å². The van der Waals surface area contributed by atoms with E-state index in [-0.39, 0.29) is 35.3 Å². The fourth-order valence-corrected chi connectivity index (χ4v) is 2.16. The molecular formula is C15H9ClNNaO3.